The minimum atomic E-state index is -0.606. The molecule has 0 aromatic heterocycles. The molecule has 1 N–H and O–H groups in total. The largest absolute Gasteiger partial charge is 0.484 e. The van der Waals surface area contributed by atoms with E-state index in [0.29, 0.717) is 22.2 Å². The Kier molecular flexibility index (Phi) is 9.47. The van der Waals surface area contributed by atoms with Crippen molar-refractivity contribution in [2.24, 2.45) is 0 Å². The number of benzene rings is 2. The predicted octanol–water partition coefficient (Wildman–Crippen LogP) is 5.09. The van der Waals surface area contributed by atoms with Gasteiger partial charge in [0.2, 0.25) is 5.91 Å². The van der Waals surface area contributed by atoms with Crippen molar-refractivity contribution in [3.05, 3.63) is 64.1 Å². The zero-order chi connectivity index (χ0) is 22.1. The molecular formula is C23H28Cl2N2O3. The van der Waals surface area contributed by atoms with Gasteiger partial charge >= 0.3 is 0 Å². The lowest BCUT2D eigenvalue weighted by atomic mass is 10.1. The van der Waals surface area contributed by atoms with Crippen molar-refractivity contribution in [1.82, 2.24) is 10.2 Å². The van der Waals surface area contributed by atoms with Crippen LogP contribution < -0.4 is 10.1 Å². The second-order valence-electron chi connectivity index (χ2n) is 7.14. The van der Waals surface area contributed by atoms with Gasteiger partial charge in [-0.15, -0.1) is 0 Å². The summed E-state index contributed by atoms with van der Waals surface area (Å²) in [6, 6.07) is 13.5. The third kappa shape index (κ3) is 7.22. The number of ether oxygens (including phenoxy) is 1. The SMILES string of the molecule is CC[C@@H](C)NC(=O)[C@H](CC)N(Cc1ccc(Cl)cc1)C(=O)COc1cccc(Cl)c1. The van der Waals surface area contributed by atoms with E-state index in [4.69, 9.17) is 27.9 Å². The van der Waals surface area contributed by atoms with E-state index in [-0.39, 0.29) is 31.0 Å². The summed E-state index contributed by atoms with van der Waals surface area (Å²) in [6.07, 6.45) is 1.30. The minimum Gasteiger partial charge on any atom is -0.484 e. The summed E-state index contributed by atoms with van der Waals surface area (Å²) >= 11 is 12.0. The number of nitrogens with one attached hydrogen (secondary N) is 1. The van der Waals surface area contributed by atoms with Gasteiger partial charge in [0.15, 0.2) is 6.61 Å². The highest BCUT2D eigenvalue weighted by atomic mass is 35.5. The van der Waals surface area contributed by atoms with Gasteiger partial charge in [-0.2, -0.15) is 0 Å². The van der Waals surface area contributed by atoms with Crippen molar-refractivity contribution in [3.63, 3.8) is 0 Å². The number of rotatable bonds is 10. The van der Waals surface area contributed by atoms with Crippen molar-refractivity contribution in [2.75, 3.05) is 6.61 Å². The molecule has 5 nitrogen and oxygen atoms in total. The topological polar surface area (TPSA) is 58.6 Å². The molecule has 162 valence electrons. The summed E-state index contributed by atoms with van der Waals surface area (Å²) in [4.78, 5) is 27.5. The van der Waals surface area contributed by atoms with Crippen LogP contribution in [0.2, 0.25) is 10.0 Å². The number of halogens is 2. The summed E-state index contributed by atoms with van der Waals surface area (Å²) < 4.78 is 5.63. The molecule has 2 aromatic carbocycles. The van der Waals surface area contributed by atoms with Gasteiger partial charge in [-0.1, -0.05) is 55.2 Å². The Morgan fingerprint density at radius 2 is 1.73 bits per heavy atom. The Balaban J connectivity index is 2.20. The third-order valence-electron chi connectivity index (χ3n) is 4.81. The fourth-order valence-electron chi connectivity index (χ4n) is 2.93. The molecule has 0 aliphatic rings. The molecule has 0 aliphatic heterocycles. The van der Waals surface area contributed by atoms with Gasteiger partial charge in [-0.3, -0.25) is 9.59 Å². The molecule has 0 bridgehead atoms. The first-order chi connectivity index (χ1) is 14.3. The van der Waals surface area contributed by atoms with Gasteiger partial charge in [-0.05, 0) is 55.7 Å². The Hall–Kier alpha value is -2.24. The first kappa shape index (κ1) is 24.0. The normalized spacial score (nSPS) is 12.7. The number of carbonyl (C=O) groups excluding carboxylic acids is 2. The van der Waals surface area contributed by atoms with Crippen molar-refractivity contribution < 1.29 is 14.3 Å². The molecule has 2 amide bonds. The zero-order valence-corrected chi connectivity index (χ0v) is 19.0. The lowest BCUT2D eigenvalue weighted by molar-refractivity contribution is -0.143. The fraction of sp³-hybridized carbons (Fsp3) is 0.391. The van der Waals surface area contributed by atoms with E-state index in [1.54, 1.807) is 41.3 Å². The van der Waals surface area contributed by atoms with Crippen LogP contribution in [-0.4, -0.2) is 35.4 Å². The van der Waals surface area contributed by atoms with E-state index >= 15 is 0 Å². The highest BCUT2D eigenvalue weighted by molar-refractivity contribution is 6.30. The molecule has 0 spiro atoms. The number of hydrogen-bond donors (Lipinski definition) is 1. The molecule has 0 heterocycles. The average molecular weight is 451 g/mol. The maximum absolute atomic E-state index is 13.1. The highest BCUT2D eigenvalue weighted by Crippen LogP contribution is 2.19. The van der Waals surface area contributed by atoms with Gasteiger partial charge in [0, 0.05) is 22.6 Å². The zero-order valence-electron chi connectivity index (χ0n) is 17.5. The van der Waals surface area contributed by atoms with E-state index in [9.17, 15) is 9.59 Å². The highest BCUT2D eigenvalue weighted by Gasteiger charge is 2.29. The molecule has 0 unspecified atom stereocenters. The number of nitrogens with zero attached hydrogens (tertiary/aromatic N) is 1. The lowest BCUT2D eigenvalue weighted by Gasteiger charge is -2.31. The molecule has 0 fully saturated rings. The number of hydrogen-bond acceptors (Lipinski definition) is 3. The van der Waals surface area contributed by atoms with Gasteiger partial charge in [0.1, 0.15) is 11.8 Å². The second-order valence-corrected chi connectivity index (χ2v) is 8.01. The first-order valence-corrected chi connectivity index (χ1v) is 10.8. The summed E-state index contributed by atoms with van der Waals surface area (Å²) in [6.45, 7) is 5.92. The smallest absolute Gasteiger partial charge is 0.261 e. The molecular weight excluding hydrogens is 423 g/mol. The molecule has 2 aromatic rings. The molecule has 0 radical (unpaired) electrons. The lowest BCUT2D eigenvalue weighted by Crippen LogP contribution is -2.51. The monoisotopic (exact) mass is 450 g/mol. The summed E-state index contributed by atoms with van der Waals surface area (Å²) in [5.74, 6) is 0.0485. The standard InChI is InChI=1S/C23H28Cl2N2O3/c1-4-16(3)26-23(29)21(5-2)27(14-17-9-11-18(24)12-10-17)22(28)15-30-20-8-6-7-19(25)13-20/h6-13,16,21H,4-5,14-15H2,1-3H3,(H,26,29)/t16-,21+/m1/s1. The molecule has 0 saturated carbocycles. The Bertz CT molecular complexity index is 843. The van der Waals surface area contributed by atoms with Crippen LogP contribution in [0.25, 0.3) is 0 Å². The van der Waals surface area contributed by atoms with Crippen LogP contribution in [-0.2, 0) is 16.1 Å². The van der Waals surface area contributed by atoms with Crippen molar-refractivity contribution in [3.8, 4) is 5.75 Å². The average Bonchev–Trinajstić information content (AvgIpc) is 2.73. The quantitative estimate of drug-likeness (QED) is 0.547. The van der Waals surface area contributed by atoms with E-state index in [1.807, 2.05) is 32.9 Å². The van der Waals surface area contributed by atoms with Crippen LogP contribution in [0.1, 0.15) is 39.2 Å². The molecule has 2 atom stereocenters. The first-order valence-electron chi connectivity index (χ1n) is 10.1. The fourth-order valence-corrected chi connectivity index (χ4v) is 3.24. The van der Waals surface area contributed by atoms with Crippen LogP contribution >= 0.6 is 23.2 Å². The Morgan fingerprint density at radius 3 is 2.33 bits per heavy atom. The molecule has 30 heavy (non-hydrogen) atoms. The molecule has 7 heteroatoms. The number of carbonyl (C=O) groups is 2. The summed E-state index contributed by atoms with van der Waals surface area (Å²) in [7, 11) is 0. The van der Waals surface area contributed by atoms with Crippen LogP contribution in [0, 0.1) is 0 Å². The van der Waals surface area contributed by atoms with Crippen LogP contribution in [0.5, 0.6) is 5.75 Å². The summed E-state index contributed by atoms with van der Waals surface area (Å²) in [5.41, 5.74) is 0.880. The number of amides is 2. The van der Waals surface area contributed by atoms with E-state index in [0.717, 1.165) is 12.0 Å². The van der Waals surface area contributed by atoms with Gasteiger partial charge in [-0.25, -0.2) is 0 Å². The molecule has 0 aliphatic carbocycles. The van der Waals surface area contributed by atoms with E-state index in [2.05, 4.69) is 5.32 Å². The molecule has 2 rings (SSSR count). The maximum Gasteiger partial charge on any atom is 0.261 e. The van der Waals surface area contributed by atoms with E-state index < -0.39 is 6.04 Å². The molecule has 0 saturated heterocycles. The van der Waals surface area contributed by atoms with Gasteiger partial charge < -0.3 is 15.0 Å². The summed E-state index contributed by atoms with van der Waals surface area (Å²) in [5, 5.41) is 4.12. The van der Waals surface area contributed by atoms with Crippen LogP contribution in [0.4, 0.5) is 0 Å². The maximum atomic E-state index is 13.1. The van der Waals surface area contributed by atoms with Gasteiger partial charge in [0.05, 0.1) is 0 Å². The van der Waals surface area contributed by atoms with Crippen molar-refractivity contribution >= 4 is 35.0 Å². The minimum absolute atomic E-state index is 0.0294. The van der Waals surface area contributed by atoms with Gasteiger partial charge in [0.25, 0.3) is 5.91 Å². The Labute approximate surface area is 188 Å². The van der Waals surface area contributed by atoms with Crippen LogP contribution in [0.15, 0.2) is 48.5 Å². The van der Waals surface area contributed by atoms with Crippen molar-refractivity contribution in [2.45, 2.75) is 52.2 Å². The van der Waals surface area contributed by atoms with Crippen molar-refractivity contribution in [1.29, 1.82) is 0 Å². The van der Waals surface area contributed by atoms with Crippen LogP contribution in [0.3, 0.4) is 0 Å². The second kappa shape index (κ2) is 11.8. The predicted molar refractivity (Wildman–Crippen MR) is 121 cm³/mol. The third-order valence-corrected chi connectivity index (χ3v) is 5.30. The Morgan fingerprint density at radius 1 is 1.03 bits per heavy atom. The van der Waals surface area contributed by atoms with E-state index in [1.165, 1.54) is 0 Å².